The number of benzene rings is 1. The van der Waals surface area contributed by atoms with Gasteiger partial charge in [0.25, 0.3) is 0 Å². The Morgan fingerprint density at radius 2 is 1.97 bits per heavy atom. The van der Waals surface area contributed by atoms with Gasteiger partial charge in [-0.3, -0.25) is 4.84 Å². The molecule has 2 bridgehead atoms. The highest BCUT2D eigenvalue weighted by atomic mass is 16.7. The number of urea groups is 1. The summed E-state index contributed by atoms with van der Waals surface area (Å²) in [5, 5.41) is 8.95. The second-order valence-electron chi connectivity index (χ2n) is 11.8. The second-order valence-corrected chi connectivity index (χ2v) is 11.8. The minimum absolute atomic E-state index is 0.0686. The molecule has 1 spiro atoms. The van der Waals surface area contributed by atoms with E-state index in [1.54, 1.807) is 5.06 Å². The molecule has 1 aromatic heterocycles. The first-order valence-corrected chi connectivity index (χ1v) is 12.9. The minimum Gasteiger partial charge on any atom is -0.444 e. The van der Waals surface area contributed by atoms with Crippen LogP contribution in [0.5, 0.6) is 0 Å². The van der Waals surface area contributed by atoms with Crippen molar-refractivity contribution in [3.8, 4) is 0 Å². The van der Waals surface area contributed by atoms with Gasteiger partial charge in [-0.2, -0.15) is 5.06 Å². The summed E-state index contributed by atoms with van der Waals surface area (Å²) in [6.45, 7) is 6.60. The summed E-state index contributed by atoms with van der Waals surface area (Å²) in [7, 11) is 0. The highest BCUT2D eigenvalue weighted by Crippen LogP contribution is 2.62. The van der Waals surface area contributed by atoms with Gasteiger partial charge in [0.05, 0.1) is 12.1 Å². The van der Waals surface area contributed by atoms with E-state index in [1.807, 2.05) is 62.1 Å². The van der Waals surface area contributed by atoms with Crippen molar-refractivity contribution in [1.82, 2.24) is 20.4 Å². The zero-order valence-electron chi connectivity index (χ0n) is 21.1. The van der Waals surface area contributed by atoms with Gasteiger partial charge in [0.2, 0.25) is 0 Å². The maximum atomic E-state index is 13.4. The molecule has 192 valence electrons. The smallest absolute Gasteiger partial charge is 0.407 e. The van der Waals surface area contributed by atoms with Crippen molar-refractivity contribution in [3.05, 3.63) is 53.4 Å². The normalized spacial score (nSPS) is 28.2. The van der Waals surface area contributed by atoms with E-state index in [9.17, 15) is 9.59 Å². The molecule has 36 heavy (non-hydrogen) atoms. The number of hydroxylamine groups is 2. The summed E-state index contributed by atoms with van der Waals surface area (Å²) in [6.07, 6.45) is 4.27. The maximum absolute atomic E-state index is 13.4. The summed E-state index contributed by atoms with van der Waals surface area (Å²) in [4.78, 5) is 33.4. The number of fused-ring (bicyclic) bond motifs is 3. The molecule has 4 aliphatic rings. The third-order valence-electron chi connectivity index (χ3n) is 8.02. The molecule has 3 heterocycles. The summed E-state index contributed by atoms with van der Waals surface area (Å²) < 4.78 is 11.1. The second kappa shape index (κ2) is 8.50. The van der Waals surface area contributed by atoms with Gasteiger partial charge in [-0.1, -0.05) is 35.5 Å². The molecule has 4 fully saturated rings. The first kappa shape index (κ1) is 23.3. The van der Waals surface area contributed by atoms with Crippen molar-refractivity contribution >= 4 is 12.1 Å². The van der Waals surface area contributed by atoms with Gasteiger partial charge >= 0.3 is 12.1 Å². The number of amides is 3. The summed E-state index contributed by atoms with van der Waals surface area (Å²) in [5.74, 6) is 1.03. The number of hydrogen-bond acceptors (Lipinski definition) is 6. The minimum atomic E-state index is -0.514. The molecule has 6 rings (SSSR count). The number of alkyl carbamates (subject to hydrolysis) is 1. The van der Waals surface area contributed by atoms with Crippen molar-refractivity contribution < 1.29 is 23.7 Å². The van der Waals surface area contributed by atoms with Crippen molar-refractivity contribution in [1.29, 1.82) is 0 Å². The number of carbonyl (C=O) groups is 2. The van der Waals surface area contributed by atoms with Crippen molar-refractivity contribution in [3.63, 3.8) is 0 Å². The summed E-state index contributed by atoms with van der Waals surface area (Å²) in [6, 6.07) is 11.9. The molecule has 1 aromatic carbocycles. The molecular formula is C27H34N4O5. The van der Waals surface area contributed by atoms with Gasteiger partial charge in [-0.15, -0.1) is 0 Å². The number of piperidine rings is 1. The van der Waals surface area contributed by atoms with Gasteiger partial charge in [-0.05, 0) is 63.9 Å². The predicted octanol–water partition coefficient (Wildman–Crippen LogP) is 4.91. The number of hydrogen-bond donors (Lipinski definition) is 1. The Hall–Kier alpha value is -3.07. The molecular weight excluding hydrogens is 460 g/mol. The number of carbonyl (C=O) groups excluding carboxylic acids is 2. The van der Waals surface area contributed by atoms with Crippen LogP contribution < -0.4 is 5.32 Å². The van der Waals surface area contributed by atoms with Crippen LogP contribution in [0.2, 0.25) is 0 Å². The number of aromatic nitrogens is 1. The van der Waals surface area contributed by atoms with Gasteiger partial charge in [0.1, 0.15) is 23.7 Å². The average Bonchev–Trinajstić information content (AvgIpc) is 3.28. The lowest BCUT2D eigenvalue weighted by Gasteiger charge is -2.36. The largest absolute Gasteiger partial charge is 0.444 e. The molecule has 9 nitrogen and oxygen atoms in total. The standard InChI is InChI=1S/C27H34N4O5/c1-26(2,3)35-24(32)28-19-11-18(12-19)22-13-20(29-36-22)21-14-27(9-10-27)23-15-30(21)25(33)31(23)34-16-17-7-5-4-6-8-17/h4-8,13,18-19,21,23H,9-12,14-16H2,1-3H3,(H,28,32)/t18-,19-,21-,23+/m0/s1. The molecule has 2 aliphatic heterocycles. The summed E-state index contributed by atoms with van der Waals surface area (Å²) >= 11 is 0. The van der Waals surface area contributed by atoms with E-state index in [-0.39, 0.29) is 41.6 Å². The zero-order chi connectivity index (χ0) is 25.1. The first-order chi connectivity index (χ1) is 17.2. The Kier molecular flexibility index (Phi) is 5.51. The van der Waals surface area contributed by atoms with E-state index < -0.39 is 5.60 Å². The van der Waals surface area contributed by atoms with Crippen LogP contribution >= 0.6 is 0 Å². The van der Waals surface area contributed by atoms with E-state index >= 15 is 0 Å². The van der Waals surface area contributed by atoms with Crippen LogP contribution in [0.3, 0.4) is 0 Å². The Labute approximate surface area is 211 Å². The highest BCUT2D eigenvalue weighted by Gasteiger charge is 2.63. The number of nitrogens with one attached hydrogen (secondary N) is 1. The average molecular weight is 495 g/mol. The van der Waals surface area contributed by atoms with Crippen LogP contribution in [0.1, 0.15) is 81.9 Å². The lowest BCUT2D eigenvalue weighted by atomic mass is 9.78. The van der Waals surface area contributed by atoms with E-state index in [4.69, 9.17) is 14.1 Å². The Bertz CT molecular complexity index is 1130. The predicted molar refractivity (Wildman–Crippen MR) is 130 cm³/mol. The van der Waals surface area contributed by atoms with Gasteiger partial charge < -0.3 is 19.5 Å². The quantitative estimate of drug-likeness (QED) is 0.613. The molecule has 2 saturated carbocycles. The molecule has 2 aromatic rings. The van der Waals surface area contributed by atoms with Crippen LogP contribution in [0.4, 0.5) is 9.59 Å². The number of nitrogens with zero attached hydrogens (tertiary/aromatic N) is 3. The van der Waals surface area contributed by atoms with Crippen molar-refractivity contribution in [2.24, 2.45) is 5.41 Å². The van der Waals surface area contributed by atoms with E-state index in [0.717, 1.165) is 49.1 Å². The number of ether oxygens (including phenoxy) is 1. The lowest BCUT2D eigenvalue weighted by molar-refractivity contribution is -0.153. The van der Waals surface area contributed by atoms with E-state index in [1.165, 1.54) is 0 Å². The molecule has 3 amide bonds. The maximum Gasteiger partial charge on any atom is 0.407 e. The lowest BCUT2D eigenvalue weighted by Crippen LogP contribution is -2.45. The van der Waals surface area contributed by atoms with Crippen LogP contribution in [0.25, 0.3) is 0 Å². The van der Waals surface area contributed by atoms with Crippen molar-refractivity contribution in [2.75, 3.05) is 6.54 Å². The Morgan fingerprint density at radius 3 is 2.67 bits per heavy atom. The SMILES string of the molecule is CC(C)(C)OC(=O)N[C@H]1C[C@H](c2cc([C@@H]3CC4(CC4)[C@H]4CN3C(=O)N4OCc3ccccc3)no2)C1. The number of rotatable bonds is 6. The van der Waals surface area contributed by atoms with Crippen LogP contribution in [0.15, 0.2) is 40.9 Å². The topological polar surface area (TPSA) is 97.1 Å². The zero-order valence-corrected chi connectivity index (χ0v) is 21.1. The third kappa shape index (κ3) is 4.34. The molecule has 0 unspecified atom stereocenters. The fourth-order valence-corrected chi connectivity index (χ4v) is 5.85. The highest BCUT2D eigenvalue weighted by molar-refractivity contribution is 5.77. The Balaban J connectivity index is 1.09. The fraction of sp³-hybridized carbons (Fsp3) is 0.593. The van der Waals surface area contributed by atoms with Crippen LogP contribution in [-0.2, 0) is 16.2 Å². The van der Waals surface area contributed by atoms with Gasteiger partial charge in [-0.25, -0.2) is 9.59 Å². The van der Waals surface area contributed by atoms with Crippen LogP contribution in [0, 0.1) is 5.41 Å². The molecule has 0 radical (unpaired) electrons. The third-order valence-corrected chi connectivity index (χ3v) is 8.02. The van der Waals surface area contributed by atoms with E-state index in [0.29, 0.717) is 13.2 Å². The van der Waals surface area contributed by atoms with Gasteiger partial charge in [0.15, 0.2) is 0 Å². The van der Waals surface area contributed by atoms with E-state index in [2.05, 4.69) is 10.5 Å². The summed E-state index contributed by atoms with van der Waals surface area (Å²) in [5.41, 5.74) is 1.45. The van der Waals surface area contributed by atoms with Crippen molar-refractivity contribution in [2.45, 2.75) is 89.1 Å². The first-order valence-electron chi connectivity index (χ1n) is 12.9. The molecule has 9 heteroatoms. The molecule has 1 N–H and O–H groups in total. The molecule has 2 aliphatic carbocycles. The molecule has 2 saturated heterocycles. The molecule has 2 atom stereocenters. The van der Waals surface area contributed by atoms with Crippen LogP contribution in [-0.4, -0.2) is 51.5 Å². The monoisotopic (exact) mass is 494 g/mol. The van der Waals surface area contributed by atoms with Gasteiger partial charge in [0, 0.05) is 24.6 Å². The fourth-order valence-electron chi connectivity index (χ4n) is 5.85. The Morgan fingerprint density at radius 1 is 1.22 bits per heavy atom.